The van der Waals surface area contributed by atoms with E-state index >= 15 is 0 Å². The summed E-state index contributed by atoms with van der Waals surface area (Å²) in [6, 6.07) is 0. The van der Waals surface area contributed by atoms with E-state index in [1.165, 1.54) is 6.92 Å². The summed E-state index contributed by atoms with van der Waals surface area (Å²) in [4.78, 5) is 8.05. The molecule has 0 rings (SSSR count). The third-order valence-electron chi connectivity index (χ3n) is 0.268. The molecular weight excluding hydrogens is 136 g/mol. The van der Waals surface area contributed by atoms with E-state index in [0.717, 1.165) is 0 Å². The molecule has 0 spiro atoms. The van der Waals surface area contributed by atoms with E-state index in [0.29, 0.717) is 0 Å². The topological polar surface area (TPSA) is 53.7 Å². The van der Waals surface area contributed by atoms with E-state index in [1.807, 2.05) is 0 Å². The van der Waals surface area contributed by atoms with Crippen molar-refractivity contribution in [2.45, 2.75) is 6.92 Å². The van der Waals surface area contributed by atoms with Crippen LogP contribution in [0.4, 0.5) is 0 Å². The number of ether oxygens (including phenoxy) is 1. The van der Waals surface area contributed by atoms with Crippen molar-refractivity contribution < 1.29 is 14.6 Å². The summed E-state index contributed by atoms with van der Waals surface area (Å²) in [5, 5.41) is 9.34. The Bertz CT molecular complexity index is 55.2. The van der Waals surface area contributed by atoms with Crippen LogP contribution in [0.25, 0.3) is 0 Å². The van der Waals surface area contributed by atoms with Gasteiger partial charge in [-0.3, -0.25) is 0 Å². The van der Waals surface area contributed by atoms with Crippen molar-refractivity contribution in [1.29, 1.82) is 0 Å². The number of carbonyl (C=O) groups excluding carboxylic acids is 1. The van der Waals surface area contributed by atoms with Crippen molar-refractivity contribution in [3.63, 3.8) is 0 Å². The molecule has 1 N–H and O–H groups in total. The minimum Gasteiger partial charge on any atom is -0.800 e. The molecule has 0 bridgehead atoms. The minimum atomic E-state index is -0.706. The third kappa shape index (κ3) is 15.9. The first kappa shape index (κ1) is 15.9. The van der Waals surface area contributed by atoms with Gasteiger partial charge in [0.1, 0.15) is 6.79 Å². The van der Waals surface area contributed by atoms with Crippen molar-refractivity contribution >= 4 is 43.7 Å². The van der Waals surface area contributed by atoms with Gasteiger partial charge in [-0.2, -0.15) is 0 Å². The van der Waals surface area contributed by atoms with Gasteiger partial charge in [0.15, 0.2) is 0 Å². The van der Waals surface area contributed by atoms with Gasteiger partial charge in [0.2, 0.25) is 0 Å². The fourth-order valence-electron chi connectivity index (χ4n) is 0.0853. The molecule has 44 valence electrons. The van der Waals surface area contributed by atoms with Crippen molar-refractivity contribution in [2.75, 3.05) is 6.79 Å². The van der Waals surface area contributed by atoms with Crippen LogP contribution in [0, 0.1) is 7.43 Å². The molecule has 0 aliphatic heterocycles. The average molecular weight is 145 g/mol. The van der Waals surface area contributed by atoms with Crippen LogP contribution in [-0.4, -0.2) is 55.3 Å². The Morgan fingerprint density at radius 3 is 2.12 bits per heavy atom. The van der Waals surface area contributed by atoms with Gasteiger partial charge >= 0.3 is 43.7 Å². The number of rotatable bonds is 1. The third-order valence-corrected chi connectivity index (χ3v) is 0.268. The van der Waals surface area contributed by atoms with Crippen LogP contribution in [0.2, 0.25) is 0 Å². The van der Waals surface area contributed by atoms with E-state index in [9.17, 15) is 5.11 Å². The molecule has 4 heteroatoms. The van der Waals surface area contributed by atoms with E-state index in [1.54, 1.807) is 0 Å². The fraction of sp³-hybridized carbons (Fsp3) is 0.500. The Morgan fingerprint density at radius 2 is 2.12 bits per heavy atom. The second-order valence-corrected chi connectivity index (χ2v) is 0.781. The van der Waals surface area contributed by atoms with Gasteiger partial charge in [-0.15, -0.1) is 0 Å². The second kappa shape index (κ2) is 10.6. The fourth-order valence-corrected chi connectivity index (χ4v) is 0.0853. The molecule has 0 unspecified atom stereocenters. The molecule has 0 saturated heterocycles. The molecule has 0 aromatic carbocycles. The molecule has 0 aromatic heterocycles. The summed E-state index contributed by atoms with van der Waals surface area (Å²) >= 11 is 0. The first-order valence-electron chi connectivity index (χ1n) is 1.51. The monoisotopic (exact) mass is 145 g/mol. The predicted octanol–water partition coefficient (Wildman–Crippen LogP) is -1.09. The summed E-state index contributed by atoms with van der Waals surface area (Å²) < 4.78 is 3.96. The zero-order chi connectivity index (χ0) is 4.99. The van der Waals surface area contributed by atoms with Gasteiger partial charge in [-0.05, 0) is 0 Å². The maximum atomic E-state index is 9.34. The Hall–Kier alpha value is 0.690. The summed E-state index contributed by atoms with van der Waals surface area (Å²) in [7, 11) is 0. The first-order chi connectivity index (χ1) is 2.77. The Morgan fingerprint density at radius 1 is 1.75 bits per heavy atom. The maximum absolute atomic E-state index is 9.34. The van der Waals surface area contributed by atoms with Crippen LogP contribution >= 0.6 is 0 Å². The molecule has 8 heavy (non-hydrogen) atoms. The molecule has 0 radical (unpaired) electrons. The summed E-state index contributed by atoms with van der Waals surface area (Å²) in [6.07, 6.45) is 0. The Labute approximate surface area is 79.0 Å². The van der Waals surface area contributed by atoms with Crippen molar-refractivity contribution in [3.05, 3.63) is 7.43 Å². The van der Waals surface area contributed by atoms with Crippen LogP contribution < -0.4 is 5.11 Å². The Balaban J connectivity index is -0.000000125. The molecule has 3 nitrogen and oxygen atoms in total. The van der Waals surface area contributed by atoms with Crippen LogP contribution in [0.5, 0.6) is 0 Å². The SMILES string of the molecule is CC(=[OH+])OC[O-].[CH3-].[Ca+2]. The molecule has 0 saturated carbocycles. The molecule has 0 aliphatic carbocycles. The zero-order valence-corrected chi connectivity index (χ0v) is 7.39. The summed E-state index contributed by atoms with van der Waals surface area (Å²) in [5.41, 5.74) is 0. The largest absolute Gasteiger partial charge is 2.00 e. The number of esters is 1. The number of hydrogen-bond donors (Lipinski definition) is 0. The quantitative estimate of drug-likeness (QED) is 0.155. The first-order valence-corrected chi connectivity index (χ1v) is 1.51. The van der Waals surface area contributed by atoms with Crippen LogP contribution in [0.1, 0.15) is 6.92 Å². The van der Waals surface area contributed by atoms with Crippen LogP contribution in [-0.2, 0) is 4.74 Å². The second-order valence-electron chi connectivity index (χ2n) is 0.781. The predicted molar refractivity (Wildman–Crippen MR) is 30.7 cm³/mol. The van der Waals surface area contributed by atoms with Crippen molar-refractivity contribution in [1.82, 2.24) is 0 Å². The molecule has 0 aromatic rings. The molecule has 0 amide bonds. The summed E-state index contributed by atoms with van der Waals surface area (Å²) in [5.74, 6) is -0.273. The van der Waals surface area contributed by atoms with Gasteiger partial charge in [-0.25, -0.2) is 0 Å². The van der Waals surface area contributed by atoms with E-state index in [4.69, 9.17) is 4.79 Å². The molecule has 0 atom stereocenters. The van der Waals surface area contributed by atoms with Gasteiger partial charge in [0, 0.05) is 0 Å². The Kier molecular flexibility index (Phi) is 21.1. The van der Waals surface area contributed by atoms with Gasteiger partial charge in [0.25, 0.3) is 0 Å². The van der Waals surface area contributed by atoms with E-state index < -0.39 is 6.79 Å². The van der Waals surface area contributed by atoms with Crippen LogP contribution in [0.3, 0.4) is 0 Å². The number of hydrogen-bond acceptors (Lipinski definition) is 2. The van der Waals surface area contributed by atoms with Gasteiger partial charge in [-0.1, -0.05) is 0 Å². The van der Waals surface area contributed by atoms with E-state index in [2.05, 4.69) is 4.74 Å². The van der Waals surface area contributed by atoms with Crippen molar-refractivity contribution in [3.8, 4) is 0 Å². The van der Waals surface area contributed by atoms with Gasteiger partial charge < -0.3 is 22.1 Å². The molecule has 0 fully saturated rings. The van der Waals surface area contributed by atoms with Crippen LogP contribution in [0.15, 0.2) is 0 Å². The molecule has 0 aliphatic rings. The standard InChI is InChI=1S/C3H5O3.CH3.Ca/c1-3(5)6-2-4;;/h2H2,1H3;1H3;/q2*-1;+2/p+1. The summed E-state index contributed by atoms with van der Waals surface area (Å²) in [6.45, 7) is 0.597. The zero-order valence-electron chi connectivity index (χ0n) is 5.18. The van der Waals surface area contributed by atoms with Gasteiger partial charge in [0.05, 0.1) is 6.92 Å². The molecule has 0 heterocycles. The minimum absolute atomic E-state index is 0. The molecular formula is C4H9CaO3+. The smallest absolute Gasteiger partial charge is 0.800 e. The normalized spacial score (nSPS) is 5.75. The van der Waals surface area contributed by atoms with E-state index in [-0.39, 0.29) is 51.1 Å². The maximum Gasteiger partial charge on any atom is 2.00 e. The average Bonchev–Trinajstić information content (AvgIpc) is 1.35. The van der Waals surface area contributed by atoms with Crippen molar-refractivity contribution in [2.24, 2.45) is 0 Å².